The van der Waals surface area contributed by atoms with Gasteiger partial charge in [-0.05, 0) is 43.4 Å². The molecule has 1 amide bonds. The van der Waals surface area contributed by atoms with Gasteiger partial charge in [-0.15, -0.1) is 0 Å². The molecule has 1 aromatic carbocycles. The predicted octanol–water partition coefficient (Wildman–Crippen LogP) is 2.39. The van der Waals surface area contributed by atoms with Gasteiger partial charge >= 0.3 is 0 Å². The number of anilines is 1. The Balaban J connectivity index is 1.85. The first kappa shape index (κ1) is 16.8. The molecule has 1 fully saturated rings. The quantitative estimate of drug-likeness (QED) is 0.837. The number of amides is 1. The van der Waals surface area contributed by atoms with Gasteiger partial charge < -0.3 is 4.90 Å². The zero-order chi connectivity index (χ0) is 16.0. The summed E-state index contributed by atoms with van der Waals surface area (Å²) in [5.74, 6) is 0.337. The zero-order valence-electron chi connectivity index (χ0n) is 13.0. The molecule has 0 radical (unpaired) electrons. The minimum Gasteiger partial charge on any atom is -0.343 e. The second-order valence-electron chi connectivity index (χ2n) is 5.71. The molecule has 0 saturated carbocycles. The summed E-state index contributed by atoms with van der Waals surface area (Å²) in [5, 5.41) is 0. The molecule has 6 heteroatoms. The number of sulfonamides is 1. The maximum atomic E-state index is 12.0. The van der Waals surface area contributed by atoms with Crippen LogP contribution < -0.4 is 4.72 Å². The molecular weight excluding hydrogens is 300 g/mol. The summed E-state index contributed by atoms with van der Waals surface area (Å²) in [7, 11) is -3.25. The number of hydrogen-bond donors (Lipinski definition) is 1. The van der Waals surface area contributed by atoms with Crippen LogP contribution >= 0.6 is 0 Å². The molecule has 0 aliphatic carbocycles. The van der Waals surface area contributed by atoms with E-state index in [1.54, 1.807) is 12.1 Å². The van der Waals surface area contributed by atoms with E-state index >= 15 is 0 Å². The minimum atomic E-state index is -3.25. The summed E-state index contributed by atoms with van der Waals surface area (Å²) in [6.45, 7) is 3.60. The van der Waals surface area contributed by atoms with Gasteiger partial charge in [-0.3, -0.25) is 9.52 Å². The number of hydrogen-bond acceptors (Lipinski definition) is 3. The summed E-state index contributed by atoms with van der Waals surface area (Å²) < 4.78 is 25.9. The number of benzene rings is 1. The van der Waals surface area contributed by atoms with Crippen molar-refractivity contribution in [1.82, 2.24) is 4.90 Å². The van der Waals surface area contributed by atoms with E-state index in [9.17, 15) is 13.2 Å². The number of carbonyl (C=O) groups excluding carboxylic acids is 1. The Hall–Kier alpha value is -1.56. The molecule has 0 bridgehead atoms. The van der Waals surface area contributed by atoms with Gasteiger partial charge in [-0.25, -0.2) is 8.42 Å². The highest BCUT2D eigenvalue weighted by Gasteiger charge is 2.17. The highest BCUT2D eigenvalue weighted by molar-refractivity contribution is 7.92. The summed E-state index contributed by atoms with van der Waals surface area (Å²) in [6, 6.07) is 7.26. The maximum absolute atomic E-state index is 12.0. The van der Waals surface area contributed by atoms with Crippen LogP contribution in [0.1, 0.15) is 38.2 Å². The first-order valence-electron chi connectivity index (χ1n) is 7.87. The lowest BCUT2D eigenvalue weighted by Crippen LogP contribution is -2.27. The fourth-order valence-electron chi connectivity index (χ4n) is 2.61. The molecule has 2 rings (SSSR count). The maximum Gasteiger partial charge on any atom is 0.232 e. The number of rotatable bonds is 7. The Morgan fingerprint density at radius 3 is 2.41 bits per heavy atom. The number of aryl methyl sites for hydroxylation is 1. The highest BCUT2D eigenvalue weighted by Crippen LogP contribution is 2.15. The normalized spacial score (nSPS) is 15.0. The Morgan fingerprint density at radius 2 is 1.82 bits per heavy atom. The average molecular weight is 324 g/mol. The van der Waals surface area contributed by atoms with Gasteiger partial charge in [0.05, 0.1) is 5.75 Å². The third-order valence-electron chi connectivity index (χ3n) is 3.79. The van der Waals surface area contributed by atoms with Gasteiger partial charge in [0, 0.05) is 25.2 Å². The molecule has 1 heterocycles. The lowest BCUT2D eigenvalue weighted by atomic mass is 10.1. The van der Waals surface area contributed by atoms with Gasteiger partial charge in [0.2, 0.25) is 15.9 Å². The summed E-state index contributed by atoms with van der Waals surface area (Å²) in [5.41, 5.74) is 1.62. The van der Waals surface area contributed by atoms with Gasteiger partial charge in [-0.2, -0.15) is 0 Å². The van der Waals surface area contributed by atoms with Crippen molar-refractivity contribution in [3.05, 3.63) is 29.8 Å². The van der Waals surface area contributed by atoms with Crippen molar-refractivity contribution in [2.45, 2.75) is 39.0 Å². The molecule has 1 N–H and O–H groups in total. The molecule has 1 aromatic rings. The largest absolute Gasteiger partial charge is 0.343 e. The van der Waals surface area contributed by atoms with E-state index in [2.05, 4.69) is 4.72 Å². The van der Waals surface area contributed by atoms with Crippen molar-refractivity contribution in [1.29, 1.82) is 0 Å². The van der Waals surface area contributed by atoms with E-state index in [0.717, 1.165) is 31.5 Å². The molecule has 0 unspecified atom stereocenters. The monoisotopic (exact) mass is 324 g/mol. The molecule has 0 spiro atoms. The van der Waals surface area contributed by atoms with Crippen molar-refractivity contribution in [3.8, 4) is 0 Å². The van der Waals surface area contributed by atoms with Crippen molar-refractivity contribution >= 4 is 21.6 Å². The van der Waals surface area contributed by atoms with Crippen LogP contribution in [0.2, 0.25) is 0 Å². The SMILES string of the molecule is CCCS(=O)(=O)Nc1ccc(CCC(=O)N2CCCC2)cc1. The summed E-state index contributed by atoms with van der Waals surface area (Å²) in [4.78, 5) is 13.9. The van der Waals surface area contributed by atoms with Crippen LogP contribution in [0.15, 0.2) is 24.3 Å². The smallest absolute Gasteiger partial charge is 0.232 e. The van der Waals surface area contributed by atoms with Crippen LogP contribution in [0.3, 0.4) is 0 Å². The molecular formula is C16H24N2O3S. The summed E-state index contributed by atoms with van der Waals surface area (Å²) in [6.07, 6.45) is 4.01. The molecule has 1 saturated heterocycles. The predicted molar refractivity (Wildman–Crippen MR) is 88.3 cm³/mol. The van der Waals surface area contributed by atoms with Crippen molar-refractivity contribution in [3.63, 3.8) is 0 Å². The molecule has 122 valence electrons. The number of carbonyl (C=O) groups is 1. The zero-order valence-corrected chi connectivity index (χ0v) is 13.9. The van der Waals surface area contributed by atoms with E-state index in [1.807, 2.05) is 24.0 Å². The number of nitrogens with one attached hydrogen (secondary N) is 1. The van der Waals surface area contributed by atoms with Gasteiger partial charge in [0.15, 0.2) is 0 Å². The Morgan fingerprint density at radius 1 is 1.18 bits per heavy atom. The van der Waals surface area contributed by atoms with E-state index in [1.165, 1.54) is 0 Å². The first-order chi connectivity index (χ1) is 10.5. The fourth-order valence-corrected chi connectivity index (χ4v) is 3.75. The minimum absolute atomic E-state index is 0.124. The standard InChI is InChI=1S/C16H24N2O3S/c1-2-13-22(20,21)17-15-8-5-14(6-9-15)7-10-16(19)18-11-3-4-12-18/h5-6,8-9,17H,2-4,7,10-13H2,1H3. The Labute approximate surface area is 132 Å². The molecule has 5 nitrogen and oxygen atoms in total. The molecule has 22 heavy (non-hydrogen) atoms. The Bertz CT molecular complexity index is 590. The van der Waals surface area contributed by atoms with Crippen molar-refractivity contribution in [2.75, 3.05) is 23.6 Å². The highest BCUT2D eigenvalue weighted by atomic mass is 32.2. The third-order valence-corrected chi connectivity index (χ3v) is 5.28. The van der Waals surface area contributed by atoms with E-state index in [-0.39, 0.29) is 11.7 Å². The lowest BCUT2D eigenvalue weighted by molar-refractivity contribution is -0.130. The average Bonchev–Trinajstić information content (AvgIpc) is 3.00. The third kappa shape index (κ3) is 5.02. The second-order valence-corrected chi connectivity index (χ2v) is 7.55. The summed E-state index contributed by atoms with van der Waals surface area (Å²) >= 11 is 0. The van der Waals surface area contributed by atoms with E-state index in [0.29, 0.717) is 24.9 Å². The molecule has 1 aliphatic rings. The fraction of sp³-hybridized carbons (Fsp3) is 0.562. The van der Waals surface area contributed by atoms with Crippen LogP contribution in [-0.2, 0) is 21.2 Å². The number of nitrogens with zero attached hydrogens (tertiary/aromatic N) is 1. The van der Waals surface area contributed by atoms with E-state index in [4.69, 9.17) is 0 Å². The van der Waals surface area contributed by atoms with Crippen LogP contribution in [0.4, 0.5) is 5.69 Å². The first-order valence-corrected chi connectivity index (χ1v) is 9.52. The topological polar surface area (TPSA) is 66.5 Å². The van der Waals surface area contributed by atoms with Crippen molar-refractivity contribution < 1.29 is 13.2 Å². The van der Waals surface area contributed by atoms with Crippen LogP contribution in [0.25, 0.3) is 0 Å². The van der Waals surface area contributed by atoms with E-state index < -0.39 is 10.0 Å². The van der Waals surface area contributed by atoms with Gasteiger partial charge in [0.1, 0.15) is 0 Å². The van der Waals surface area contributed by atoms with Crippen LogP contribution in [0.5, 0.6) is 0 Å². The lowest BCUT2D eigenvalue weighted by Gasteiger charge is -2.15. The molecule has 0 atom stereocenters. The van der Waals surface area contributed by atoms with Gasteiger partial charge in [-0.1, -0.05) is 19.1 Å². The van der Waals surface area contributed by atoms with Crippen LogP contribution in [-0.4, -0.2) is 38.1 Å². The second kappa shape index (κ2) is 7.63. The van der Waals surface area contributed by atoms with Crippen molar-refractivity contribution in [2.24, 2.45) is 0 Å². The molecule has 1 aliphatic heterocycles. The Kier molecular flexibility index (Phi) is 5.83. The number of likely N-dealkylation sites (tertiary alicyclic amines) is 1. The molecule has 0 aromatic heterocycles. The van der Waals surface area contributed by atoms with Gasteiger partial charge in [0.25, 0.3) is 0 Å². The van der Waals surface area contributed by atoms with Crippen LogP contribution in [0, 0.1) is 0 Å².